The number of carbonyl (C=O) groups excluding carboxylic acids is 1. The smallest absolute Gasteiger partial charge is 0.330 e. The lowest BCUT2D eigenvalue weighted by Gasteiger charge is -2.21. The van der Waals surface area contributed by atoms with Gasteiger partial charge in [0.1, 0.15) is 11.9 Å². The second-order valence-electron chi connectivity index (χ2n) is 4.79. The molecule has 2 rings (SSSR count). The third-order valence-corrected chi connectivity index (χ3v) is 3.17. The van der Waals surface area contributed by atoms with E-state index in [0.717, 1.165) is 12.0 Å². The number of rotatable bonds is 5. The Bertz CT molecular complexity index is 450. The standard InChI is InChI=1S/C15H18O4/c16-12-7-4-11(5-8-12)6-9-13(17)10-14-2-1-3-15(18)19-14/h1,3-5,7-8,13-14,16-17H,2,6,9-10H2/t13-,14+/m0/s1. The number of benzene rings is 1. The molecule has 4 heteroatoms. The zero-order chi connectivity index (χ0) is 13.7. The molecular formula is C15H18O4. The third kappa shape index (κ3) is 4.41. The van der Waals surface area contributed by atoms with Crippen LogP contribution in [0.1, 0.15) is 24.8 Å². The molecule has 19 heavy (non-hydrogen) atoms. The van der Waals surface area contributed by atoms with Gasteiger partial charge in [-0.25, -0.2) is 4.79 Å². The normalized spacial score (nSPS) is 20.1. The van der Waals surface area contributed by atoms with Crippen LogP contribution in [0.3, 0.4) is 0 Å². The van der Waals surface area contributed by atoms with Crippen molar-refractivity contribution in [1.29, 1.82) is 0 Å². The van der Waals surface area contributed by atoms with Crippen molar-refractivity contribution < 1.29 is 19.7 Å². The highest BCUT2D eigenvalue weighted by atomic mass is 16.5. The topological polar surface area (TPSA) is 66.8 Å². The van der Waals surface area contributed by atoms with E-state index in [-0.39, 0.29) is 17.8 Å². The Morgan fingerprint density at radius 1 is 1.32 bits per heavy atom. The summed E-state index contributed by atoms with van der Waals surface area (Å²) in [6.45, 7) is 0. The first-order valence-electron chi connectivity index (χ1n) is 6.46. The maximum atomic E-state index is 11.1. The molecule has 0 spiro atoms. The maximum Gasteiger partial charge on any atom is 0.330 e. The number of esters is 1. The second kappa shape index (κ2) is 6.38. The molecule has 1 aliphatic heterocycles. The Balaban J connectivity index is 1.75. The number of aliphatic hydroxyl groups is 1. The predicted octanol–water partition coefficient (Wildman–Crippen LogP) is 1.95. The van der Waals surface area contributed by atoms with Crippen molar-refractivity contribution in [2.45, 2.75) is 37.9 Å². The molecule has 0 saturated carbocycles. The van der Waals surface area contributed by atoms with Crippen molar-refractivity contribution in [2.75, 3.05) is 0 Å². The fourth-order valence-corrected chi connectivity index (χ4v) is 2.13. The van der Waals surface area contributed by atoms with E-state index in [1.165, 1.54) is 6.08 Å². The Morgan fingerprint density at radius 3 is 2.74 bits per heavy atom. The molecule has 1 heterocycles. The minimum atomic E-state index is -0.488. The van der Waals surface area contributed by atoms with Gasteiger partial charge >= 0.3 is 5.97 Å². The van der Waals surface area contributed by atoms with E-state index >= 15 is 0 Å². The quantitative estimate of drug-likeness (QED) is 0.796. The van der Waals surface area contributed by atoms with Gasteiger partial charge in [-0.05, 0) is 30.5 Å². The van der Waals surface area contributed by atoms with Gasteiger partial charge in [-0.3, -0.25) is 0 Å². The van der Waals surface area contributed by atoms with Crippen LogP contribution in [0, 0.1) is 0 Å². The van der Waals surface area contributed by atoms with E-state index < -0.39 is 6.10 Å². The zero-order valence-electron chi connectivity index (χ0n) is 10.7. The summed E-state index contributed by atoms with van der Waals surface area (Å²) in [6.07, 6.45) is 4.98. The summed E-state index contributed by atoms with van der Waals surface area (Å²) < 4.78 is 5.11. The van der Waals surface area contributed by atoms with E-state index in [4.69, 9.17) is 4.74 Å². The molecule has 0 radical (unpaired) electrons. The number of hydrogen-bond acceptors (Lipinski definition) is 4. The number of aliphatic hydroxyl groups excluding tert-OH is 1. The van der Waals surface area contributed by atoms with Gasteiger partial charge in [0, 0.05) is 18.9 Å². The molecular weight excluding hydrogens is 244 g/mol. The average Bonchev–Trinajstić information content (AvgIpc) is 2.38. The van der Waals surface area contributed by atoms with Gasteiger partial charge in [-0.1, -0.05) is 18.2 Å². The first-order chi connectivity index (χ1) is 9.13. The molecule has 1 aliphatic rings. The van der Waals surface area contributed by atoms with Crippen LogP contribution in [0.2, 0.25) is 0 Å². The summed E-state index contributed by atoms with van der Waals surface area (Å²) in [4.78, 5) is 11.1. The molecule has 0 aromatic heterocycles. The van der Waals surface area contributed by atoms with Crippen molar-refractivity contribution in [3.05, 3.63) is 42.0 Å². The average molecular weight is 262 g/mol. The first-order valence-corrected chi connectivity index (χ1v) is 6.46. The van der Waals surface area contributed by atoms with Crippen LogP contribution in [0.5, 0.6) is 5.75 Å². The van der Waals surface area contributed by atoms with Crippen LogP contribution < -0.4 is 0 Å². The minimum absolute atomic E-state index is 0.215. The molecule has 2 atom stereocenters. The highest BCUT2D eigenvalue weighted by Crippen LogP contribution is 2.17. The third-order valence-electron chi connectivity index (χ3n) is 3.17. The number of phenols is 1. The fraction of sp³-hybridized carbons (Fsp3) is 0.400. The van der Waals surface area contributed by atoms with Crippen LogP contribution in [0.4, 0.5) is 0 Å². The van der Waals surface area contributed by atoms with E-state index in [9.17, 15) is 15.0 Å². The number of hydrogen-bond donors (Lipinski definition) is 2. The highest BCUT2D eigenvalue weighted by molar-refractivity contribution is 5.82. The molecule has 0 bridgehead atoms. The van der Waals surface area contributed by atoms with Gasteiger partial charge < -0.3 is 14.9 Å². The van der Waals surface area contributed by atoms with E-state index in [1.807, 2.05) is 12.1 Å². The lowest BCUT2D eigenvalue weighted by atomic mass is 10.0. The fourth-order valence-electron chi connectivity index (χ4n) is 2.13. The van der Waals surface area contributed by atoms with Gasteiger partial charge in [0.25, 0.3) is 0 Å². The molecule has 2 N–H and O–H groups in total. The van der Waals surface area contributed by atoms with Crippen molar-refractivity contribution in [3.63, 3.8) is 0 Å². The number of carbonyl (C=O) groups is 1. The predicted molar refractivity (Wildman–Crippen MR) is 70.7 cm³/mol. The Kier molecular flexibility index (Phi) is 4.58. The van der Waals surface area contributed by atoms with Gasteiger partial charge in [0.15, 0.2) is 0 Å². The molecule has 1 aromatic rings. The minimum Gasteiger partial charge on any atom is -0.508 e. The summed E-state index contributed by atoms with van der Waals surface area (Å²) in [5.74, 6) is -0.0906. The van der Waals surface area contributed by atoms with Crippen LogP contribution in [-0.4, -0.2) is 28.4 Å². The molecule has 0 amide bonds. The number of aryl methyl sites for hydroxylation is 1. The molecule has 0 unspecified atom stereocenters. The molecule has 4 nitrogen and oxygen atoms in total. The van der Waals surface area contributed by atoms with Crippen LogP contribution in [0.15, 0.2) is 36.4 Å². The number of ether oxygens (including phenoxy) is 1. The molecule has 1 aromatic carbocycles. The molecule has 0 saturated heterocycles. The number of cyclic esters (lactones) is 1. The van der Waals surface area contributed by atoms with Gasteiger partial charge in [-0.15, -0.1) is 0 Å². The maximum absolute atomic E-state index is 11.1. The van der Waals surface area contributed by atoms with E-state index in [1.54, 1.807) is 18.2 Å². The molecule has 102 valence electrons. The summed E-state index contributed by atoms with van der Waals surface area (Å²) in [6, 6.07) is 6.95. The Labute approximate surface area is 112 Å². The summed E-state index contributed by atoms with van der Waals surface area (Å²) in [5.41, 5.74) is 1.07. The Hall–Kier alpha value is -1.81. The lowest BCUT2D eigenvalue weighted by Crippen LogP contribution is -2.25. The summed E-state index contributed by atoms with van der Waals surface area (Å²) in [7, 11) is 0. The monoisotopic (exact) mass is 262 g/mol. The SMILES string of the molecule is O=C1C=CC[C@H](C[C@@H](O)CCc2ccc(O)cc2)O1. The highest BCUT2D eigenvalue weighted by Gasteiger charge is 2.19. The van der Waals surface area contributed by atoms with Crippen LogP contribution >= 0.6 is 0 Å². The van der Waals surface area contributed by atoms with Gasteiger partial charge in [0.05, 0.1) is 6.10 Å². The number of aromatic hydroxyl groups is 1. The van der Waals surface area contributed by atoms with E-state index in [0.29, 0.717) is 19.3 Å². The largest absolute Gasteiger partial charge is 0.508 e. The molecule has 0 aliphatic carbocycles. The van der Waals surface area contributed by atoms with Crippen molar-refractivity contribution in [1.82, 2.24) is 0 Å². The van der Waals surface area contributed by atoms with Gasteiger partial charge in [0.2, 0.25) is 0 Å². The Morgan fingerprint density at radius 2 is 2.05 bits per heavy atom. The van der Waals surface area contributed by atoms with Crippen molar-refractivity contribution in [2.24, 2.45) is 0 Å². The van der Waals surface area contributed by atoms with E-state index in [2.05, 4.69) is 0 Å². The van der Waals surface area contributed by atoms with Crippen LogP contribution in [0.25, 0.3) is 0 Å². The number of phenolic OH excluding ortho intramolecular Hbond substituents is 1. The van der Waals surface area contributed by atoms with Crippen LogP contribution in [-0.2, 0) is 16.0 Å². The lowest BCUT2D eigenvalue weighted by molar-refractivity contribution is -0.145. The van der Waals surface area contributed by atoms with Gasteiger partial charge in [-0.2, -0.15) is 0 Å². The summed E-state index contributed by atoms with van der Waals surface area (Å²) >= 11 is 0. The molecule has 0 fully saturated rings. The van der Waals surface area contributed by atoms with Crippen molar-refractivity contribution in [3.8, 4) is 5.75 Å². The van der Waals surface area contributed by atoms with Crippen molar-refractivity contribution >= 4 is 5.97 Å². The summed E-state index contributed by atoms with van der Waals surface area (Å²) in [5, 5.41) is 19.1. The first kappa shape index (κ1) is 13.6. The zero-order valence-corrected chi connectivity index (χ0v) is 10.7. The second-order valence-corrected chi connectivity index (χ2v) is 4.79.